The predicted molar refractivity (Wildman–Crippen MR) is 101 cm³/mol. The van der Waals surface area contributed by atoms with Crippen LogP contribution in [0, 0.1) is 11.7 Å². The van der Waals surface area contributed by atoms with Crippen molar-refractivity contribution >= 4 is 11.9 Å². The highest BCUT2D eigenvalue weighted by Crippen LogP contribution is 2.22. The molecule has 2 aromatic carbocycles. The van der Waals surface area contributed by atoms with Gasteiger partial charge in [0, 0.05) is 12.1 Å². The van der Waals surface area contributed by atoms with Gasteiger partial charge in [0.15, 0.2) is 0 Å². The molecule has 2 unspecified atom stereocenters. The molecule has 1 heterocycles. The molecule has 1 fully saturated rings. The number of carbonyl (C=O) groups excluding carboxylic acids is 2. The van der Waals surface area contributed by atoms with Crippen molar-refractivity contribution < 1.29 is 18.7 Å². The normalized spacial score (nSPS) is 17.6. The summed E-state index contributed by atoms with van der Waals surface area (Å²) in [5, 5.41) is 0. The van der Waals surface area contributed by atoms with Crippen molar-refractivity contribution in [2.24, 2.45) is 5.92 Å². The van der Waals surface area contributed by atoms with E-state index in [4.69, 9.17) is 4.74 Å². The lowest BCUT2D eigenvalue weighted by Crippen LogP contribution is -2.41. The van der Waals surface area contributed by atoms with E-state index in [1.165, 1.54) is 12.1 Å². The Kier molecular flexibility index (Phi) is 6.22. The van der Waals surface area contributed by atoms with Gasteiger partial charge in [0.25, 0.3) is 5.91 Å². The van der Waals surface area contributed by atoms with Crippen LogP contribution in [0.5, 0.6) is 0 Å². The van der Waals surface area contributed by atoms with Crippen LogP contribution in [0.4, 0.5) is 4.39 Å². The predicted octanol–water partition coefficient (Wildman–Crippen LogP) is 3.85. The number of hydrogen-bond acceptors (Lipinski definition) is 3. The molecule has 0 aromatic heterocycles. The van der Waals surface area contributed by atoms with E-state index in [9.17, 15) is 14.0 Å². The molecule has 0 spiro atoms. The van der Waals surface area contributed by atoms with Crippen molar-refractivity contribution in [3.05, 3.63) is 71.5 Å². The van der Waals surface area contributed by atoms with E-state index in [-0.39, 0.29) is 30.2 Å². The number of hydrogen-bond donors (Lipinski definition) is 0. The number of esters is 1. The summed E-state index contributed by atoms with van der Waals surface area (Å²) in [5.74, 6) is -0.626. The molecule has 4 nitrogen and oxygen atoms in total. The Bertz CT molecular complexity index is 776. The second-order valence-corrected chi connectivity index (χ2v) is 7.09. The lowest BCUT2D eigenvalue weighted by Gasteiger charge is -2.24. The first-order valence-electron chi connectivity index (χ1n) is 9.31. The standard InChI is InChI=1S/C22H24FNO3/c1-16(14-17-9-11-19(23)12-10-17)15-27-22(26)20-8-5-13-24(20)21(25)18-6-3-2-4-7-18/h2-4,6-7,9-12,16,20H,5,8,13-15H2,1H3. The summed E-state index contributed by atoms with van der Waals surface area (Å²) in [5.41, 5.74) is 1.59. The third-order valence-electron chi connectivity index (χ3n) is 4.81. The molecular weight excluding hydrogens is 345 g/mol. The largest absolute Gasteiger partial charge is 0.464 e. The van der Waals surface area contributed by atoms with Gasteiger partial charge in [-0.25, -0.2) is 9.18 Å². The molecule has 0 aliphatic carbocycles. The van der Waals surface area contributed by atoms with Gasteiger partial charge in [-0.2, -0.15) is 0 Å². The summed E-state index contributed by atoms with van der Waals surface area (Å²) in [4.78, 5) is 26.8. The SMILES string of the molecule is CC(COC(=O)C1CCCN1C(=O)c1ccccc1)Cc1ccc(F)cc1. The van der Waals surface area contributed by atoms with Gasteiger partial charge in [-0.15, -0.1) is 0 Å². The van der Waals surface area contributed by atoms with Gasteiger partial charge < -0.3 is 9.64 Å². The molecule has 1 saturated heterocycles. The zero-order valence-corrected chi connectivity index (χ0v) is 15.4. The van der Waals surface area contributed by atoms with Crippen molar-refractivity contribution in [1.29, 1.82) is 0 Å². The minimum atomic E-state index is -0.518. The van der Waals surface area contributed by atoms with E-state index >= 15 is 0 Å². The molecule has 0 bridgehead atoms. The smallest absolute Gasteiger partial charge is 0.328 e. The number of amides is 1. The van der Waals surface area contributed by atoms with E-state index < -0.39 is 6.04 Å². The average molecular weight is 369 g/mol. The van der Waals surface area contributed by atoms with Crippen LogP contribution in [0.15, 0.2) is 54.6 Å². The van der Waals surface area contributed by atoms with Gasteiger partial charge in [-0.05, 0) is 55.0 Å². The zero-order valence-electron chi connectivity index (χ0n) is 15.4. The molecular formula is C22H24FNO3. The highest BCUT2D eigenvalue weighted by atomic mass is 19.1. The van der Waals surface area contributed by atoms with Crippen LogP contribution < -0.4 is 0 Å². The van der Waals surface area contributed by atoms with Crippen LogP contribution in [0.3, 0.4) is 0 Å². The van der Waals surface area contributed by atoms with Gasteiger partial charge >= 0.3 is 5.97 Å². The topological polar surface area (TPSA) is 46.6 Å². The van der Waals surface area contributed by atoms with Crippen molar-refractivity contribution in [3.8, 4) is 0 Å². The molecule has 0 saturated carbocycles. The summed E-state index contributed by atoms with van der Waals surface area (Å²) in [7, 11) is 0. The molecule has 3 rings (SSSR count). The maximum absolute atomic E-state index is 13.0. The second kappa shape index (κ2) is 8.80. The Morgan fingerprint density at radius 2 is 1.85 bits per heavy atom. The van der Waals surface area contributed by atoms with Crippen molar-refractivity contribution in [3.63, 3.8) is 0 Å². The van der Waals surface area contributed by atoms with E-state index in [0.29, 0.717) is 24.9 Å². The number of ether oxygens (including phenoxy) is 1. The fourth-order valence-corrected chi connectivity index (χ4v) is 3.40. The first kappa shape index (κ1) is 19.1. The van der Waals surface area contributed by atoms with Gasteiger partial charge in [0.1, 0.15) is 11.9 Å². The minimum Gasteiger partial charge on any atom is -0.464 e. The Hall–Kier alpha value is -2.69. The van der Waals surface area contributed by atoms with Crippen molar-refractivity contribution in [1.82, 2.24) is 4.90 Å². The van der Waals surface area contributed by atoms with Crippen LogP contribution in [0.1, 0.15) is 35.7 Å². The molecule has 0 N–H and O–H groups in total. The van der Waals surface area contributed by atoms with Crippen LogP contribution in [-0.4, -0.2) is 36.0 Å². The summed E-state index contributed by atoms with van der Waals surface area (Å²) < 4.78 is 18.5. The average Bonchev–Trinajstić information content (AvgIpc) is 3.18. The zero-order chi connectivity index (χ0) is 19.2. The lowest BCUT2D eigenvalue weighted by molar-refractivity contribution is -0.149. The maximum atomic E-state index is 13.0. The van der Waals surface area contributed by atoms with E-state index in [0.717, 1.165) is 12.0 Å². The van der Waals surface area contributed by atoms with E-state index in [1.807, 2.05) is 25.1 Å². The number of benzene rings is 2. The molecule has 1 aliphatic heterocycles. The van der Waals surface area contributed by atoms with Crippen molar-refractivity contribution in [2.75, 3.05) is 13.2 Å². The summed E-state index contributed by atoms with van der Waals surface area (Å²) in [6.45, 7) is 2.83. The van der Waals surface area contributed by atoms with Crippen LogP contribution in [-0.2, 0) is 16.0 Å². The molecule has 1 amide bonds. The number of nitrogens with zero attached hydrogens (tertiary/aromatic N) is 1. The number of halogens is 1. The highest BCUT2D eigenvalue weighted by molar-refractivity contribution is 5.97. The molecule has 5 heteroatoms. The molecule has 142 valence electrons. The van der Waals surface area contributed by atoms with Crippen molar-refractivity contribution in [2.45, 2.75) is 32.2 Å². The molecule has 2 atom stereocenters. The lowest BCUT2D eigenvalue weighted by atomic mass is 10.0. The molecule has 0 radical (unpaired) electrons. The fraction of sp³-hybridized carbons (Fsp3) is 0.364. The van der Waals surface area contributed by atoms with Gasteiger partial charge in [-0.1, -0.05) is 37.3 Å². The van der Waals surface area contributed by atoms with E-state index in [1.54, 1.807) is 29.2 Å². The molecule has 2 aromatic rings. The van der Waals surface area contributed by atoms with Gasteiger partial charge in [-0.3, -0.25) is 4.79 Å². The molecule has 27 heavy (non-hydrogen) atoms. The number of likely N-dealkylation sites (tertiary alicyclic amines) is 1. The van der Waals surface area contributed by atoms with E-state index in [2.05, 4.69) is 0 Å². The summed E-state index contributed by atoms with van der Waals surface area (Å²) in [6.07, 6.45) is 2.12. The van der Waals surface area contributed by atoms with Gasteiger partial charge in [0.2, 0.25) is 0 Å². The first-order chi connectivity index (χ1) is 13.0. The quantitative estimate of drug-likeness (QED) is 0.727. The third-order valence-corrected chi connectivity index (χ3v) is 4.81. The highest BCUT2D eigenvalue weighted by Gasteiger charge is 2.35. The maximum Gasteiger partial charge on any atom is 0.328 e. The molecule has 1 aliphatic rings. The van der Waals surface area contributed by atoms with Crippen LogP contribution >= 0.6 is 0 Å². The first-order valence-corrected chi connectivity index (χ1v) is 9.31. The Morgan fingerprint density at radius 3 is 2.56 bits per heavy atom. The van der Waals surface area contributed by atoms with Crippen LogP contribution in [0.2, 0.25) is 0 Å². The number of carbonyl (C=O) groups is 2. The fourth-order valence-electron chi connectivity index (χ4n) is 3.40. The monoisotopic (exact) mass is 369 g/mol. The summed E-state index contributed by atoms with van der Waals surface area (Å²) >= 11 is 0. The Morgan fingerprint density at radius 1 is 1.15 bits per heavy atom. The Labute approximate surface area is 158 Å². The Balaban J connectivity index is 1.53. The minimum absolute atomic E-state index is 0.110. The van der Waals surface area contributed by atoms with Crippen LogP contribution in [0.25, 0.3) is 0 Å². The summed E-state index contributed by atoms with van der Waals surface area (Å²) in [6, 6.07) is 14.8. The van der Waals surface area contributed by atoms with Gasteiger partial charge in [0.05, 0.1) is 6.61 Å². The second-order valence-electron chi connectivity index (χ2n) is 7.09. The third kappa shape index (κ3) is 4.94. The number of rotatable bonds is 6.